The lowest BCUT2D eigenvalue weighted by Gasteiger charge is -2.15. The summed E-state index contributed by atoms with van der Waals surface area (Å²) < 4.78 is 5.63. The molecule has 1 atom stereocenters. The second-order valence-electron chi connectivity index (χ2n) is 4.98. The van der Waals surface area contributed by atoms with Crippen molar-refractivity contribution >= 4 is 28.9 Å². The summed E-state index contributed by atoms with van der Waals surface area (Å²) in [6.45, 7) is 3.78. The Labute approximate surface area is 135 Å². The predicted molar refractivity (Wildman–Crippen MR) is 90.4 cm³/mol. The predicted octanol–water partition coefficient (Wildman–Crippen LogP) is 3.89. The highest BCUT2D eigenvalue weighted by Gasteiger charge is 2.15. The van der Waals surface area contributed by atoms with Crippen LogP contribution in [0.1, 0.15) is 19.4 Å². The number of anilines is 2. The van der Waals surface area contributed by atoms with E-state index in [1.807, 2.05) is 24.3 Å². The summed E-state index contributed by atoms with van der Waals surface area (Å²) in [6, 6.07) is 12.6. The lowest BCUT2D eigenvalue weighted by molar-refractivity contribution is -0.122. The van der Waals surface area contributed by atoms with E-state index in [0.29, 0.717) is 22.1 Å². The molecule has 0 fully saturated rings. The zero-order valence-electron chi connectivity index (χ0n) is 12.6. The SMILES string of the molecule is CCc1ccc(O[C@@H](C)C(=O)Nc2ccc(Cl)c(N)c2)cc1. The molecule has 2 rings (SSSR count). The Hall–Kier alpha value is -2.20. The molecule has 1 amide bonds. The van der Waals surface area contributed by atoms with Crippen LogP contribution in [0.4, 0.5) is 11.4 Å². The van der Waals surface area contributed by atoms with Gasteiger partial charge in [0.15, 0.2) is 6.10 Å². The molecule has 0 radical (unpaired) electrons. The smallest absolute Gasteiger partial charge is 0.265 e. The second-order valence-corrected chi connectivity index (χ2v) is 5.39. The first-order valence-electron chi connectivity index (χ1n) is 7.11. The highest BCUT2D eigenvalue weighted by molar-refractivity contribution is 6.33. The molecule has 0 aromatic heterocycles. The van der Waals surface area contributed by atoms with Crippen molar-refractivity contribution in [1.29, 1.82) is 0 Å². The van der Waals surface area contributed by atoms with Crippen LogP contribution in [-0.4, -0.2) is 12.0 Å². The maximum atomic E-state index is 12.1. The molecule has 116 valence electrons. The molecule has 0 aliphatic carbocycles. The quantitative estimate of drug-likeness (QED) is 0.822. The van der Waals surface area contributed by atoms with Gasteiger partial charge in [0.25, 0.3) is 5.91 Å². The summed E-state index contributed by atoms with van der Waals surface area (Å²) in [7, 11) is 0. The summed E-state index contributed by atoms with van der Waals surface area (Å²) in [6.07, 6.45) is 0.346. The molecule has 3 N–H and O–H groups in total. The number of ether oxygens (including phenoxy) is 1. The van der Waals surface area contributed by atoms with Crippen molar-refractivity contribution in [3.8, 4) is 5.75 Å². The van der Waals surface area contributed by atoms with Gasteiger partial charge in [-0.2, -0.15) is 0 Å². The van der Waals surface area contributed by atoms with Gasteiger partial charge in [0, 0.05) is 5.69 Å². The highest BCUT2D eigenvalue weighted by Crippen LogP contribution is 2.22. The third-order valence-electron chi connectivity index (χ3n) is 3.28. The van der Waals surface area contributed by atoms with Crippen LogP contribution in [-0.2, 0) is 11.2 Å². The molecule has 0 heterocycles. The molecule has 0 aliphatic rings. The van der Waals surface area contributed by atoms with Gasteiger partial charge in [0.2, 0.25) is 0 Å². The fourth-order valence-electron chi connectivity index (χ4n) is 1.93. The van der Waals surface area contributed by atoms with Gasteiger partial charge < -0.3 is 15.8 Å². The molecule has 0 unspecified atom stereocenters. The number of hydrogen-bond donors (Lipinski definition) is 2. The van der Waals surface area contributed by atoms with Gasteiger partial charge in [-0.1, -0.05) is 30.7 Å². The summed E-state index contributed by atoms with van der Waals surface area (Å²) in [5.74, 6) is 0.414. The highest BCUT2D eigenvalue weighted by atomic mass is 35.5. The lowest BCUT2D eigenvalue weighted by Crippen LogP contribution is -2.30. The molecule has 0 spiro atoms. The van der Waals surface area contributed by atoms with Gasteiger partial charge >= 0.3 is 0 Å². The summed E-state index contributed by atoms with van der Waals surface area (Å²) in [4.78, 5) is 12.1. The van der Waals surface area contributed by atoms with E-state index in [9.17, 15) is 4.79 Å². The van der Waals surface area contributed by atoms with Gasteiger partial charge in [-0.25, -0.2) is 0 Å². The first-order valence-corrected chi connectivity index (χ1v) is 7.49. The molecule has 5 heteroatoms. The molecule has 2 aromatic rings. The first-order chi connectivity index (χ1) is 10.5. The first kappa shape index (κ1) is 16.2. The van der Waals surface area contributed by atoms with Crippen LogP contribution in [0.25, 0.3) is 0 Å². The molecule has 22 heavy (non-hydrogen) atoms. The molecule has 0 bridgehead atoms. The number of halogens is 1. The summed E-state index contributed by atoms with van der Waals surface area (Å²) in [5.41, 5.74) is 7.94. The normalized spacial score (nSPS) is 11.8. The number of nitrogens with one attached hydrogen (secondary N) is 1. The van der Waals surface area contributed by atoms with Crippen LogP contribution in [0.3, 0.4) is 0 Å². The minimum Gasteiger partial charge on any atom is -0.481 e. The molecule has 4 nitrogen and oxygen atoms in total. The topological polar surface area (TPSA) is 64.3 Å². The molecule has 2 aromatic carbocycles. The average Bonchev–Trinajstić information content (AvgIpc) is 2.51. The Bertz CT molecular complexity index is 656. The third kappa shape index (κ3) is 4.15. The maximum absolute atomic E-state index is 12.1. The fourth-order valence-corrected chi connectivity index (χ4v) is 2.04. The Balaban J connectivity index is 1.97. The van der Waals surface area contributed by atoms with E-state index < -0.39 is 6.10 Å². The van der Waals surface area contributed by atoms with Gasteiger partial charge in [-0.05, 0) is 49.2 Å². The largest absolute Gasteiger partial charge is 0.481 e. The van der Waals surface area contributed by atoms with Crippen LogP contribution in [0.15, 0.2) is 42.5 Å². The summed E-state index contributed by atoms with van der Waals surface area (Å²) in [5, 5.41) is 3.21. The van der Waals surface area contributed by atoms with Gasteiger partial charge in [0.05, 0.1) is 10.7 Å². The molecule has 0 saturated carbocycles. The number of nitrogens with two attached hydrogens (primary N) is 1. The van der Waals surface area contributed by atoms with Gasteiger partial charge in [-0.3, -0.25) is 4.79 Å². The monoisotopic (exact) mass is 318 g/mol. The molecule has 0 saturated heterocycles. The fraction of sp³-hybridized carbons (Fsp3) is 0.235. The minimum absolute atomic E-state index is 0.249. The summed E-state index contributed by atoms with van der Waals surface area (Å²) >= 11 is 5.85. The average molecular weight is 319 g/mol. The molecular weight excluding hydrogens is 300 g/mol. The van der Waals surface area contributed by atoms with E-state index in [4.69, 9.17) is 22.1 Å². The van der Waals surface area contributed by atoms with E-state index in [1.165, 1.54) is 5.56 Å². The molecule has 0 aliphatic heterocycles. The second kappa shape index (κ2) is 7.18. The van der Waals surface area contributed by atoms with E-state index in [2.05, 4.69) is 12.2 Å². The van der Waals surface area contributed by atoms with Crippen LogP contribution < -0.4 is 15.8 Å². The van der Waals surface area contributed by atoms with Crippen molar-refractivity contribution in [2.45, 2.75) is 26.4 Å². The number of carbonyl (C=O) groups excluding carboxylic acids is 1. The van der Waals surface area contributed by atoms with E-state index in [0.717, 1.165) is 6.42 Å². The van der Waals surface area contributed by atoms with E-state index >= 15 is 0 Å². The van der Waals surface area contributed by atoms with Crippen molar-refractivity contribution in [2.24, 2.45) is 0 Å². The van der Waals surface area contributed by atoms with Crippen molar-refractivity contribution < 1.29 is 9.53 Å². The maximum Gasteiger partial charge on any atom is 0.265 e. The van der Waals surface area contributed by atoms with E-state index in [1.54, 1.807) is 25.1 Å². The number of hydrogen-bond acceptors (Lipinski definition) is 3. The number of benzene rings is 2. The van der Waals surface area contributed by atoms with E-state index in [-0.39, 0.29) is 5.91 Å². The van der Waals surface area contributed by atoms with Gasteiger partial charge in [0.1, 0.15) is 5.75 Å². The van der Waals surface area contributed by atoms with Crippen molar-refractivity contribution in [1.82, 2.24) is 0 Å². The Morgan fingerprint density at radius 2 is 1.95 bits per heavy atom. The van der Waals surface area contributed by atoms with Crippen LogP contribution in [0.2, 0.25) is 5.02 Å². The van der Waals surface area contributed by atoms with Crippen LogP contribution in [0.5, 0.6) is 5.75 Å². The Morgan fingerprint density at radius 1 is 1.27 bits per heavy atom. The zero-order valence-corrected chi connectivity index (χ0v) is 13.4. The Morgan fingerprint density at radius 3 is 2.55 bits per heavy atom. The van der Waals surface area contributed by atoms with Gasteiger partial charge in [-0.15, -0.1) is 0 Å². The lowest BCUT2D eigenvalue weighted by atomic mass is 10.2. The Kier molecular flexibility index (Phi) is 5.28. The van der Waals surface area contributed by atoms with Crippen molar-refractivity contribution in [2.75, 3.05) is 11.1 Å². The number of carbonyl (C=O) groups is 1. The number of aryl methyl sites for hydroxylation is 1. The number of nitrogen functional groups attached to an aromatic ring is 1. The zero-order chi connectivity index (χ0) is 16.1. The van der Waals surface area contributed by atoms with Crippen LogP contribution >= 0.6 is 11.6 Å². The number of amides is 1. The number of rotatable bonds is 5. The van der Waals surface area contributed by atoms with Crippen molar-refractivity contribution in [3.05, 3.63) is 53.1 Å². The van der Waals surface area contributed by atoms with Crippen molar-refractivity contribution in [3.63, 3.8) is 0 Å². The molecular formula is C17H19ClN2O2. The minimum atomic E-state index is -0.621. The standard InChI is InChI=1S/C17H19ClN2O2/c1-3-12-4-7-14(8-5-12)22-11(2)17(21)20-13-6-9-15(18)16(19)10-13/h4-11H,3,19H2,1-2H3,(H,20,21)/t11-/m0/s1. The third-order valence-corrected chi connectivity index (χ3v) is 3.62. The van der Waals surface area contributed by atoms with Crippen LogP contribution in [0, 0.1) is 0 Å².